The number of fused-ring (bicyclic) bond motifs is 3. The van der Waals surface area contributed by atoms with Gasteiger partial charge in [0.15, 0.2) is 0 Å². The maximum absolute atomic E-state index is 2.62. The number of benzene rings is 1. The van der Waals surface area contributed by atoms with Crippen LogP contribution in [0.4, 0.5) is 5.69 Å². The number of hydrogen-bond acceptors (Lipinski definition) is 3. The zero-order chi connectivity index (χ0) is 9.83. The molecule has 0 N–H and O–H groups in total. The molecule has 4 rings (SSSR count). The van der Waals surface area contributed by atoms with Gasteiger partial charge < -0.3 is 0 Å². The van der Waals surface area contributed by atoms with Crippen LogP contribution in [0.1, 0.15) is 0 Å². The van der Waals surface area contributed by atoms with Crippen molar-refractivity contribution in [3.05, 3.63) is 47.2 Å². The molecule has 0 aliphatic carbocycles. The van der Waals surface area contributed by atoms with Crippen LogP contribution in [-0.4, -0.2) is 21.6 Å². The molecule has 3 heterocycles. The zero-order valence-electron chi connectivity index (χ0n) is 7.95. The van der Waals surface area contributed by atoms with Crippen LogP contribution in [0.2, 0.25) is 0 Å². The van der Waals surface area contributed by atoms with E-state index in [9.17, 15) is 0 Å². The average Bonchev–Trinajstić information content (AvgIpc) is 2.73. The minimum atomic E-state index is -1.54. The molecule has 0 spiro atoms. The van der Waals surface area contributed by atoms with Crippen LogP contribution in [0.3, 0.4) is 0 Å². The van der Waals surface area contributed by atoms with E-state index >= 15 is 0 Å². The number of hydrogen-bond donors (Lipinski definition) is 1. The number of allylic oxidation sites excluding steroid dienone is 2. The summed E-state index contributed by atoms with van der Waals surface area (Å²) in [6, 6.07) is 8.77. The van der Waals surface area contributed by atoms with Gasteiger partial charge in [0.25, 0.3) is 0 Å². The van der Waals surface area contributed by atoms with Crippen molar-refractivity contribution in [1.29, 1.82) is 0 Å². The van der Waals surface area contributed by atoms with Gasteiger partial charge in [-0.3, -0.25) is 0 Å². The van der Waals surface area contributed by atoms with Crippen molar-refractivity contribution < 1.29 is 0 Å². The Labute approximate surface area is 102 Å². The Morgan fingerprint density at radius 1 is 1.13 bits per heavy atom. The number of anilines is 1. The maximum atomic E-state index is 2.62. The number of rotatable bonds is 1. The van der Waals surface area contributed by atoms with E-state index in [0.717, 1.165) is 0 Å². The summed E-state index contributed by atoms with van der Waals surface area (Å²) >= 11 is 0.424. The topological polar surface area (TPSA) is 6.02 Å². The second kappa shape index (κ2) is 3.23. The number of thiol groups is 1. The van der Waals surface area contributed by atoms with Gasteiger partial charge in [-0.05, 0) is 0 Å². The Balaban J connectivity index is 1.68. The molecule has 76 valence electrons. The van der Waals surface area contributed by atoms with Crippen LogP contribution in [-0.2, 0) is 0 Å². The van der Waals surface area contributed by atoms with Gasteiger partial charge in [-0.2, -0.15) is 0 Å². The Bertz CT molecular complexity index is 476. The molecular weight excluding hydrogens is 331 g/mol. The summed E-state index contributed by atoms with van der Waals surface area (Å²) in [5, 5.41) is 4.86. The van der Waals surface area contributed by atoms with Gasteiger partial charge in [0.1, 0.15) is 0 Å². The van der Waals surface area contributed by atoms with Crippen molar-refractivity contribution in [2.24, 2.45) is 0 Å². The quantitative estimate of drug-likeness (QED) is 0.363. The Hall–Kier alpha value is -0.0413. The molecule has 5 heteroatoms. The van der Waals surface area contributed by atoms with E-state index in [4.69, 9.17) is 0 Å². The number of nitrogens with zero attached hydrogens (tertiary/aromatic N) is 2. The van der Waals surface area contributed by atoms with E-state index in [1.165, 1.54) is 10.6 Å². The molecule has 1 saturated heterocycles. The fourth-order valence-electron chi connectivity index (χ4n) is 2.04. The van der Waals surface area contributed by atoms with Crippen LogP contribution in [0, 0.1) is 0 Å². The summed E-state index contributed by atoms with van der Waals surface area (Å²) in [6.07, 6.45) is 4.44. The van der Waals surface area contributed by atoms with Crippen molar-refractivity contribution in [2.75, 3.05) is 3.23 Å². The molecule has 0 amide bonds. The van der Waals surface area contributed by atoms with Gasteiger partial charge in [0.05, 0.1) is 0 Å². The van der Waals surface area contributed by atoms with Crippen LogP contribution >= 0.6 is 20.0 Å². The zero-order valence-corrected chi connectivity index (χ0v) is 13.0. The van der Waals surface area contributed by atoms with E-state index in [1.54, 1.807) is 0 Å². The number of para-hydroxylation sites is 1. The van der Waals surface area contributed by atoms with Gasteiger partial charge in [-0.15, -0.1) is 0 Å². The summed E-state index contributed by atoms with van der Waals surface area (Å²) in [6.45, 7) is 0. The molecule has 3 aliphatic rings. The van der Waals surface area contributed by atoms with Gasteiger partial charge >= 0.3 is 103 Å². The van der Waals surface area contributed by atoms with Crippen molar-refractivity contribution in [3.63, 3.8) is 0 Å². The van der Waals surface area contributed by atoms with Crippen molar-refractivity contribution >= 4 is 44.6 Å². The molecule has 2 atom stereocenters. The SMILES string of the molecule is C1=C[SH]([SnH]2[N]3Sc4ccccc4[N]32)C=C1. The summed E-state index contributed by atoms with van der Waals surface area (Å²) in [5.74, 6) is 0. The van der Waals surface area contributed by atoms with Crippen LogP contribution in [0.5, 0.6) is 0 Å². The van der Waals surface area contributed by atoms with Crippen LogP contribution in [0.15, 0.2) is 52.1 Å². The molecule has 15 heavy (non-hydrogen) atoms. The standard InChI is InChI=1S/C6H4N2S.C4H4S.Sn.H/c1-2-4-6-5(3-1)7-8-9-6;1-2-4-5-3-1;;/h1-4H;1-4H;;/q-2;;+1;/p+1. The molecule has 2 nitrogen and oxygen atoms in total. The van der Waals surface area contributed by atoms with E-state index < -0.39 is 18.9 Å². The predicted molar refractivity (Wildman–Crippen MR) is 71.0 cm³/mol. The molecule has 0 radical (unpaired) electrons. The Morgan fingerprint density at radius 2 is 1.93 bits per heavy atom. The van der Waals surface area contributed by atoms with Crippen LogP contribution < -0.4 is 3.23 Å². The summed E-state index contributed by atoms with van der Waals surface area (Å²) in [4.78, 5) is 1.44. The molecular formula is C10H10N2S2Sn. The van der Waals surface area contributed by atoms with Crippen LogP contribution in [0.25, 0.3) is 0 Å². The molecule has 0 aromatic heterocycles. The van der Waals surface area contributed by atoms with E-state index in [0.29, 0.717) is 0 Å². The van der Waals surface area contributed by atoms with Gasteiger partial charge in [0.2, 0.25) is 0 Å². The third-order valence-corrected chi connectivity index (χ3v) is 23.4. The first-order chi connectivity index (χ1) is 7.45. The summed E-state index contributed by atoms with van der Waals surface area (Å²) in [7, 11) is 0.129. The van der Waals surface area contributed by atoms with Gasteiger partial charge in [-0.1, -0.05) is 0 Å². The number of hydrazine groups is 1. The Kier molecular flexibility index (Phi) is 1.94. The molecule has 0 saturated carbocycles. The fourth-order valence-corrected chi connectivity index (χ4v) is 27.7. The molecule has 2 unspecified atom stereocenters. The van der Waals surface area contributed by atoms with Gasteiger partial charge in [0, 0.05) is 0 Å². The average molecular weight is 341 g/mol. The van der Waals surface area contributed by atoms with Crippen molar-refractivity contribution in [1.82, 2.24) is 2.64 Å². The molecule has 3 aliphatic heterocycles. The van der Waals surface area contributed by atoms with E-state index in [-0.39, 0.29) is 8.08 Å². The van der Waals surface area contributed by atoms with E-state index in [1.807, 2.05) is 11.9 Å². The van der Waals surface area contributed by atoms with Crippen molar-refractivity contribution in [2.45, 2.75) is 4.90 Å². The predicted octanol–water partition coefficient (Wildman–Crippen LogP) is 2.50. The first kappa shape index (κ1) is 9.04. The third kappa shape index (κ3) is 1.25. The molecule has 0 bridgehead atoms. The fraction of sp³-hybridized carbons (Fsp3) is 0. The summed E-state index contributed by atoms with van der Waals surface area (Å²) in [5.41, 5.74) is 1.47. The molecule has 1 fully saturated rings. The van der Waals surface area contributed by atoms with E-state index in [2.05, 4.69) is 53.1 Å². The first-order valence-electron chi connectivity index (χ1n) is 4.93. The molecule has 1 aromatic carbocycles. The van der Waals surface area contributed by atoms with Crippen molar-refractivity contribution in [3.8, 4) is 0 Å². The van der Waals surface area contributed by atoms with Gasteiger partial charge in [-0.25, -0.2) is 0 Å². The third-order valence-electron chi connectivity index (χ3n) is 2.77. The Morgan fingerprint density at radius 3 is 2.80 bits per heavy atom. The molecule has 1 aromatic rings. The summed E-state index contributed by atoms with van der Waals surface area (Å²) < 4.78 is 5.21. The normalized spacial score (nSPS) is 32.0. The minimum absolute atomic E-state index is 0.129. The monoisotopic (exact) mass is 342 g/mol. The second-order valence-electron chi connectivity index (χ2n) is 3.68. The first-order valence-corrected chi connectivity index (χ1v) is 14.6. The second-order valence-corrected chi connectivity index (χ2v) is 20.2.